The van der Waals surface area contributed by atoms with Crippen LogP contribution in [0.3, 0.4) is 0 Å². The first kappa shape index (κ1) is 14.1. The molecule has 0 aliphatic carbocycles. The van der Waals surface area contributed by atoms with E-state index in [1.807, 2.05) is 12.3 Å². The van der Waals surface area contributed by atoms with Gasteiger partial charge in [0.05, 0.1) is 0 Å². The topological polar surface area (TPSA) is 41.1 Å². The second-order valence-electron chi connectivity index (χ2n) is 5.27. The van der Waals surface area contributed by atoms with E-state index in [-0.39, 0.29) is 0 Å². The van der Waals surface area contributed by atoms with Gasteiger partial charge in [0.2, 0.25) is 5.95 Å². The highest BCUT2D eigenvalue weighted by atomic mass is 15.2. The fourth-order valence-electron chi connectivity index (χ4n) is 2.73. The zero-order valence-electron chi connectivity index (χ0n) is 12.2. The number of hydrogen-bond donors (Lipinski definition) is 1. The number of hydrogen-bond acceptors (Lipinski definition) is 4. The van der Waals surface area contributed by atoms with Gasteiger partial charge in [-0.3, -0.25) is 0 Å². The van der Waals surface area contributed by atoms with Crippen LogP contribution in [0.4, 0.5) is 11.8 Å². The van der Waals surface area contributed by atoms with E-state index < -0.39 is 0 Å². The van der Waals surface area contributed by atoms with Crippen LogP contribution >= 0.6 is 0 Å². The fraction of sp³-hybridized carbons (Fsp3) is 0.733. The Morgan fingerprint density at radius 2 is 2.21 bits per heavy atom. The molecule has 0 amide bonds. The van der Waals surface area contributed by atoms with Crippen molar-refractivity contribution < 1.29 is 0 Å². The SMILES string of the molecule is CCCNc1nccc(N2CCCCCC2CC)n1. The van der Waals surface area contributed by atoms with Crippen LogP contribution in [0.25, 0.3) is 0 Å². The molecule has 2 rings (SSSR count). The minimum atomic E-state index is 0.636. The third kappa shape index (κ3) is 3.82. The smallest absolute Gasteiger partial charge is 0.224 e. The van der Waals surface area contributed by atoms with Gasteiger partial charge in [-0.25, -0.2) is 4.98 Å². The number of rotatable bonds is 5. The van der Waals surface area contributed by atoms with Crippen molar-refractivity contribution in [1.29, 1.82) is 0 Å². The van der Waals surface area contributed by atoms with E-state index in [4.69, 9.17) is 0 Å². The highest BCUT2D eigenvalue weighted by Gasteiger charge is 2.20. The molecule has 1 aromatic heterocycles. The van der Waals surface area contributed by atoms with Crippen LogP contribution in [0, 0.1) is 0 Å². The third-order valence-corrected chi connectivity index (χ3v) is 3.82. The van der Waals surface area contributed by atoms with Crippen LogP contribution in [0.5, 0.6) is 0 Å². The summed E-state index contributed by atoms with van der Waals surface area (Å²) in [4.78, 5) is 11.5. The molecular weight excluding hydrogens is 236 g/mol. The number of nitrogens with zero attached hydrogens (tertiary/aromatic N) is 3. The van der Waals surface area contributed by atoms with Gasteiger partial charge in [0.15, 0.2) is 0 Å². The summed E-state index contributed by atoms with van der Waals surface area (Å²) >= 11 is 0. The van der Waals surface area contributed by atoms with Gasteiger partial charge in [-0.2, -0.15) is 4.98 Å². The standard InChI is InChI=1S/C15H26N4/c1-3-10-16-15-17-11-9-14(18-15)19-12-7-5-6-8-13(19)4-2/h9,11,13H,3-8,10,12H2,1-2H3,(H,16,17,18). The molecule has 1 saturated heterocycles. The van der Waals surface area contributed by atoms with Crippen LogP contribution in [-0.4, -0.2) is 29.1 Å². The quantitative estimate of drug-likeness (QED) is 0.882. The van der Waals surface area contributed by atoms with Gasteiger partial charge in [0.1, 0.15) is 5.82 Å². The second-order valence-corrected chi connectivity index (χ2v) is 5.27. The van der Waals surface area contributed by atoms with Crippen LogP contribution in [0.1, 0.15) is 52.4 Å². The summed E-state index contributed by atoms with van der Waals surface area (Å²) < 4.78 is 0. The molecule has 106 valence electrons. The maximum atomic E-state index is 4.68. The maximum absolute atomic E-state index is 4.68. The Morgan fingerprint density at radius 3 is 3.00 bits per heavy atom. The lowest BCUT2D eigenvalue weighted by atomic mass is 10.1. The molecule has 19 heavy (non-hydrogen) atoms. The fourth-order valence-corrected chi connectivity index (χ4v) is 2.73. The van der Waals surface area contributed by atoms with E-state index in [1.54, 1.807) is 0 Å². The van der Waals surface area contributed by atoms with Crippen molar-refractivity contribution in [3.63, 3.8) is 0 Å². The third-order valence-electron chi connectivity index (χ3n) is 3.82. The van der Waals surface area contributed by atoms with Crippen LogP contribution in [0.15, 0.2) is 12.3 Å². The van der Waals surface area contributed by atoms with Crippen molar-refractivity contribution in [2.75, 3.05) is 23.3 Å². The summed E-state index contributed by atoms with van der Waals surface area (Å²) in [6, 6.07) is 2.68. The monoisotopic (exact) mass is 262 g/mol. The Hall–Kier alpha value is -1.32. The first-order valence-corrected chi connectivity index (χ1v) is 7.68. The molecule has 1 unspecified atom stereocenters. The molecule has 0 saturated carbocycles. The van der Waals surface area contributed by atoms with Crippen LogP contribution in [0.2, 0.25) is 0 Å². The first-order chi connectivity index (χ1) is 9.35. The first-order valence-electron chi connectivity index (χ1n) is 7.68. The Labute approximate surface area is 116 Å². The molecule has 1 N–H and O–H groups in total. The molecule has 0 radical (unpaired) electrons. The molecule has 4 heteroatoms. The molecular formula is C15H26N4. The van der Waals surface area contributed by atoms with Gasteiger partial charge in [0.25, 0.3) is 0 Å². The summed E-state index contributed by atoms with van der Waals surface area (Å²) in [7, 11) is 0. The van der Waals surface area contributed by atoms with Gasteiger partial charge < -0.3 is 10.2 Å². The average molecular weight is 262 g/mol. The lowest BCUT2D eigenvalue weighted by molar-refractivity contribution is 0.552. The van der Waals surface area contributed by atoms with E-state index in [9.17, 15) is 0 Å². The Kier molecular flexibility index (Phi) is 5.43. The molecule has 1 fully saturated rings. The minimum Gasteiger partial charge on any atom is -0.354 e. The lowest BCUT2D eigenvalue weighted by Gasteiger charge is -2.30. The summed E-state index contributed by atoms with van der Waals surface area (Å²) in [6.07, 6.45) is 9.42. The normalized spacial score (nSPS) is 20.1. The van der Waals surface area contributed by atoms with Crippen molar-refractivity contribution in [1.82, 2.24) is 9.97 Å². The second kappa shape index (κ2) is 7.31. The van der Waals surface area contributed by atoms with Crippen molar-refractivity contribution in [2.24, 2.45) is 0 Å². The van der Waals surface area contributed by atoms with Gasteiger partial charge in [-0.15, -0.1) is 0 Å². The number of anilines is 2. The Bertz CT molecular complexity index is 380. The molecule has 1 aliphatic rings. The van der Waals surface area contributed by atoms with Crippen molar-refractivity contribution in [2.45, 2.75) is 58.4 Å². The zero-order chi connectivity index (χ0) is 13.5. The molecule has 0 aromatic carbocycles. The summed E-state index contributed by atoms with van der Waals surface area (Å²) in [5.41, 5.74) is 0. The molecule has 0 spiro atoms. The lowest BCUT2D eigenvalue weighted by Crippen LogP contribution is -2.35. The summed E-state index contributed by atoms with van der Waals surface area (Å²) in [5, 5.41) is 3.27. The average Bonchev–Trinajstić information content (AvgIpc) is 2.70. The van der Waals surface area contributed by atoms with Crippen LogP contribution < -0.4 is 10.2 Å². The maximum Gasteiger partial charge on any atom is 0.224 e. The van der Waals surface area contributed by atoms with Crippen molar-refractivity contribution >= 4 is 11.8 Å². The van der Waals surface area contributed by atoms with E-state index in [0.717, 1.165) is 31.3 Å². The Balaban J connectivity index is 2.13. The number of nitrogens with one attached hydrogen (secondary N) is 1. The van der Waals surface area contributed by atoms with E-state index in [1.165, 1.54) is 32.1 Å². The largest absolute Gasteiger partial charge is 0.354 e. The number of aromatic nitrogens is 2. The molecule has 1 aromatic rings. The predicted molar refractivity (Wildman–Crippen MR) is 80.7 cm³/mol. The van der Waals surface area contributed by atoms with Gasteiger partial charge in [-0.05, 0) is 31.7 Å². The Morgan fingerprint density at radius 1 is 1.32 bits per heavy atom. The van der Waals surface area contributed by atoms with Gasteiger partial charge >= 0.3 is 0 Å². The molecule has 4 nitrogen and oxygen atoms in total. The van der Waals surface area contributed by atoms with Gasteiger partial charge in [0, 0.05) is 25.3 Å². The molecule has 1 atom stereocenters. The predicted octanol–water partition coefficient (Wildman–Crippen LogP) is 3.46. The molecule has 0 bridgehead atoms. The van der Waals surface area contributed by atoms with E-state index in [0.29, 0.717) is 6.04 Å². The van der Waals surface area contributed by atoms with Crippen LogP contribution in [-0.2, 0) is 0 Å². The van der Waals surface area contributed by atoms with Gasteiger partial charge in [-0.1, -0.05) is 26.7 Å². The van der Waals surface area contributed by atoms with E-state index >= 15 is 0 Å². The zero-order valence-corrected chi connectivity index (χ0v) is 12.2. The van der Waals surface area contributed by atoms with Crippen molar-refractivity contribution in [3.8, 4) is 0 Å². The van der Waals surface area contributed by atoms with Crippen molar-refractivity contribution in [3.05, 3.63) is 12.3 Å². The highest BCUT2D eigenvalue weighted by molar-refractivity contribution is 5.43. The highest BCUT2D eigenvalue weighted by Crippen LogP contribution is 2.24. The summed E-state index contributed by atoms with van der Waals surface area (Å²) in [5.74, 6) is 1.85. The van der Waals surface area contributed by atoms with E-state index in [2.05, 4.69) is 34.0 Å². The summed E-state index contributed by atoms with van der Waals surface area (Å²) in [6.45, 7) is 6.49. The minimum absolute atomic E-state index is 0.636. The molecule has 1 aliphatic heterocycles. The molecule has 2 heterocycles.